The van der Waals surface area contributed by atoms with Crippen LogP contribution < -0.4 is 10.9 Å². The minimum absolute atomic E-state index is 0.0273. The SMILES string of the molecule is CCC(CNC(=O)c1cc2ccccc2c(=O)[nH]1)C(=O)O. The standard InChI is InChI=1S/C15H16N2O4/c1-2-9(15(20)21)8-16-14(19)12-7-10-5-3-4-6-11(10)13(18)17-12/h3-7,9H,2,8H2,1H3,(H,16,19)(H,17,18)(H,20,21). The molecule has 2 aromatic rings. The van der Waals surface area contributed by atoms with Crippen LogP contribution in [-0.4, -0.2) is 28.5 Å². The molecule has 0 fully saturated rings. The highest BCUT2D eigenvalue weighted by Gasteiger charge is 2.17. The van der Waals surface area contributed by atoms with E-state index >= 15 is 0 Å². The number of nitrogens with one attached hydrogen (secondary N) is 2. The number of rotatable bonds is 5. The van der Waals surface area contributed by atoms with E-state index in [2.05, 4.69) is 10.3 Å². The molecule has 1 amide bonds. The van der Waals surface area contributed by atoms with Crippen LogP contribution in [0.3, 0.4) is 0 Å². The Hall–Kier alpha value is -2.63. The lowest BCUT2D eigenvalue weighted by Gasteiger charge is -2.11. The second-order valence-electron chi connectivity index (χ2n) is 4.75. The third-order valence-corrected chi connectivity index (χ3v) is 3.35. The summed E-state index contributed by atoms with van der Waals surface area (Å²) in [6.45, 7) is 1.77. The normalized spacial score (nSPS) is 12.0. The number of carboxylic acids is 1. The topological polar surface area (TPSA) is 99.3 Å². The summed E-state index contributed by atoms with van der Waals surface area (Å²) in [6.07, 6.45) is 0.420. The van der Waals surface area contributed by atoms with Gasteiger partial charge in [0.05, 0.1) is 5.92 Å². The Balaban J connectivity index is 2.20. The number of carbonyl (C=O) groups is 2. The average molecular weight is 288 g/mol. The fourth-order valence-corrected chi connectivity index (χ4v) is 2.05. The Kier molecular flexibility index (Phi) is 4.37. The minimum Gasteiger partial charge on any atom is -0.481 e. The zero-order valence-electron chi connectivity index (χ0n) is 11.6. The van der Waals surface area contributed by atoms with Gasteiger partial charge in [0.25, 0.3) is 11.5 Å². The molecule has 0 radical (unpaired) electrons. The third kappa shape index (κ3) is 3.28. The lowest BCUT2D eigenvalue weighted by molar-refractivity contribution is -0.141. The second kappa shape index (κ2) is 6.21. The van der Waals surface area contributed by atoms with E-state index in [1.165, 1.54) is 0 Å². The number of hydrogen-bond acceptors (Lipinski definition) is 3. The smallest absolute Gasteiger partial charge is 0.308 e. The number of aliphatic carboxylic acids is 1. The zero-order chi connectivity index (χ0) is 15.4. The van der Waals surface area contributed by atoms with E-state index < -0.39 is 17.8 Å². The highest BCUT2D eigenvalue weighted by Crippen LogP contribution is 2.10. The van der Waals surface area contributed by atoms with Gasteiger partial charge >= 0.3 is 5.97 Å². The number of hydrogen-bond donors (Lipinski definition) is 3. The number of pyridine rings is 1. The molecule has 2 rings (SSSR count). The van der Waals surface area contributed by atoms with E-state index in [9.17, 15) is 14.4 Å². The van der Waals surface area contributed by atoms with Crippen molar-refractivity contribution in [3.05, 3.63) is 46.4 Å². The number of benzene rings is 1. The van der Waals surface area contributed by atoms with Gasteiger partial charge in [-0.25, -0.2) is 0 Å². The predicted molar refractivity (Wildman–Crippen MR) is 78.3 cm³/mol. The van der Waals surface area contributed by atoms with E-state index in [1.807, 2.05) is 0 Å². The number of carbonyl (C=O) groups excluding carboxylic acids is 1. The Labute approximate surface area is 120 Å². The number of carboxylic acid groups (broad SMARTS) is 1. The van der Waals surface area contributed by atoms with Gasteiger partial charge in [-0.3, -0.25) is 14.4 Å². The van der Waals surface area contributed by atoms with Crippen LogP contribution in [0.2, 0.25) is 0 Å². The summed E-state index contributed by atoms with van der Waals surface area (Å²) in [4.78, 5) is 37.3. The molecule has 0 saturated heterocycles. The van der Waals surface area contributed by atoms with Crippen LogP contribution in [0.15, 0.2) is 35.1 Å². The molecule has 6 heteroatoms. The van der Waals surface area contributed by atoms with Crippen LogP contribution in [0.4, 0.5) is 0 Å². The van der Waals surface area contributed by atoms with E-state index in [4.69, 9.17) is 5.11 Å². The van der Waals surface area contributed by atoms with Crippen molar-refractivity contribution < 1.29 is 14.7 Å². The van der Waals surface area contributed by atoms with Crippen LogP contribution in [0, 0.1) is 5.92 Å². The number of fused-ring (bicyclic) bond motifs is 1. The maximum absolute atomic E-state index is 12.0. The summed E-state index contributed by atoms with van der Waals surface area (Å²) in [5, 5.41) is 12.6. The van der Waals surface area contributed by atoms with Gasteiger partial charge in [-0.2, -0.15) is 0 Å². The molecule has 1 unspecified atom stereocenters. The largest absolute Gasteiger partial charge is 0.481 e. The molecule has 110 valence electrons. The van der Waals surface area contributed by atoms with Gasteiger partial charge in [-0.1, -0.05) is 25.1 Å². The summed E-state index contributed by atoms with van der Waals surface area (Å²) in [6, 6.07) is 8.52. The quantitative estimate of drug-likeness (QED) is 0.773. The van der Waals surface area contributed by atoms with Gasteiger partial charge in [-0.15, -0.1) is 0 Å². The van der Waals surface area contributed by atoms with Crippen LogP contribution in [0.25, 0.3) is 10.8 Å². The molecule has 0 saturated carbocycles. The monoisotopic (exact) mass is 288 g/mol. The van der Waals surface area contributed by atoms with E-state index in [0.717, 1.165) is 0 Å². The summed E-state index contributed by atoms with van der Waals surface area (Å²) in [5.74, 6) is -2.08. The zero-order valence-corrected chi connectivity index (χ0v) is 11.6. The first-order valence-electron chi connectivity index (χ1n) is 6.66. The van der Waals surface area contributed by atoms with Gasteiger partial charge in [0.15, 0.2) is 0 Å². The fraction of sp³-hybridized carbons (Fsp3) is 0.267. The molecule has 1 heterocycles. The summed E-state index contributed by atoms with van der Waals surface area (Å²) in [5.41, 5.74) is -0.220. The molecule has 1 aromatic carbocycles. The van der Waals surface area contributed by atoms with Crippen LogP contribution in [-0.2, 0) is 4.79 Å². The summed E-state index contributed by atoms with van der Waals surface area (Å²) < 4.78 is 0. The number of aromatic nitrogens is 1. The molecule has 1 atom stereocenters. The van der Waals surface area contributed by atoms with Crippen molar-refractivity contribution in [1.82, 2.24) is 10.3 Å². The Bertz CT molecular complexity index is 736. The first kappa shape index (κ1) is 14.8. The van der Waals surface area contributed by atoms with Gasteiger partial charge in [0.1, 0.15) is 5.69 Å². The van der Waals surface area contributed by atoms with E-state index in [0.29, 0.717) is 17.2 Å². The molecular formula is C15H16N2O4. The molecule has 6 nitrogen and oxygen atoms in total. The van der Waals surface area contributed by atoms with Crippen molar-refractivity contribution in [2.75, 3.05) is 6.54 Å². The number of H-pyrrole nitrogens is 1. The van der Waals surface area contributed by atoms with Crippen molar-refractivity contribution in [3.63, 3.8) is 0 Å². The molecule has 3 N–H and O–H groups in total. The first-order valence-corrected chi connectivity index (χ1v) is 6.66. The number of aromatic amines is 1. The Morgan fingerprint density at radius 1 is 1.33 bits per heavy atom. The summed E-state index contributed by atoms with van der Waals surface area (Å²) >= 11 is 0. The molecule has 0 spiro atoms. The molecule has 0 aliphatic carbocycles. The average Bonchev–Trinajstić information content (AvgIpc) is 2.47. The molecular weight excluding hydrogens is 272 g/mol. The van der Waals surface area contributed by atoms with Crippen LogP contribution in [0.5, 0.6) is 0 Å². The van der Waals surface area contributed by atoms with Gasteiger partial charge in [0.2, 0.25) is 0 Å². The maximum atomic E-state index is 12.0. The van der Waals surface area contributed by atoms with Crippen LogP contribution >= 0.6 is 0 Å². The molecule has 0 aliphatic rings. The minimum atomic E-state index is -0.954. The van der Waals surface area contributed by atoms with Crippen LogP contribution in [0.1, 0.15) is 23.8 Å². The molecule has 21 heavy (non-hydrogen) atoms. The first-order chi connectivity index (χ1) is 10.0. The number of amides is 1. The van der Waals surface area contributed by atoms with Crippen molar-refractivity contribution in [1.29, 1.82) is 0 Å². The Morgan fingerprint density at radius 3 is 2.71 bits per heavy atom. The van der Waals surface area contributed by atoms with E-state index in [-0.39, 0.29) is 17.8 Å². The van der Waals surface area contributed by atoms with Gasteiger partial charge < -0.3 is 15.4 Å². The predicted octanol–water partition coefficient (Wildman–Crippen LogP) is 1.37. The van der Waals surface area contributed by atoms with Crippen molar-refractivity contribution in [3.8, 4) is 0 Å². The maximum Gasteiger partial charge on any atom is 0.308 e. The molecule has 1 aromatic heterocycles. The molecule has 0 aliphatic heterocycles. The Morgan fingerprint density at radius 2 is 2.05 bits per heavy atom. The fourth-order valence-electron chi connectivity index (χ4n) is 2.05. The summed E-state index contributed by atoms with van der Waals surface area (Å²) in [7, 11) is 0. The van der Waals surface area contributed by atoms with Gasteiger partial charge in [0, 0.05) is 11.9 Å². The van der Waals surface area contributed by atoms with Crippen molar-refractivity contribution in [2.24, 2.45) is 5.92 Å². The highest BCUT2D eigenvalue weighted by molar-refractivity contribution is 5.96. The third-order valence-electron chi connectivity index (χ3n) is 3.35. The lowest BCUT2D eigenvalue weighted by Crippen LogP contribution is -2.33. The second-order valence-corrected chi connectivity index (χ2v) is 4.75. The van der Waals surface area contributed by atoms with Gasteiger partial charge in [-0.05, 0) is 23.9 Å². The van der Waals surface area contributed by atoms with E-state index in [1.54, 1.807) is 37.3 Å². The van der Waals surface area contributed by atoms with Crippen molar-refractivity contribution >= 4 is 22.6 Å². The molecule has 0 bridgehead atoms. The van der Waals surface area contributed by atoms with Crippen molar-refractivity contribution in [2.45, 2.75) is 13.3 Å². The lowest BCUT2D eigenvalue weighted by atomic mass is 10.1. The highest BCUT2D eigenvalue weighted by atomic mass is 16.4.